The molecule has 1 aliphatic heterocycles. The molecule has 2 atom stereocenters. The molecule has 0 aromatic heterocycles. The van der Waals surface area contributed by atoms with E-state index in [2.05, 4.69) is 11.4 Å². The second-order valence-corrected chi connectivity index (χ2v) is 7.20. The van der Waals surface area contributed by atoms with Gasteiger partial charge in [0.1, 0.15) is 11.3 Å². The molecule has 0 bridgehead atoms. The SMILES string of the molecule is COc1ccccc1N1C[C@H](C(=O)OCC(=O)N[C@](C)(C#N)C(C)C)CC1=O. The fraction of sp³-hybridized carbons (Fsp3) is 0.500. The van der Waals surface area contributed by atoms with E-state index < -0.39 is 29.9 Å². The molecule has 1 saturated heterocycles. The van der Waals surface area contributed by atoms with Crippen molar-refractivity contribution < 1.29 is 23.9 Å². The molecule has 28 heavy (non-hydrogen) atoms. The zero-order chi connectivity index (χ0) is 20.9. The number of rotatable bonds is 7. The van der Waals surface area contributed by atoms with E-state index >= 15 is 0 Å². The molecule has 1 aliphatic rings. The lowest BCUT2D eigenvalue weighted by molar-refractivity contribution is -0.152. The van der Waals surface area contributed by atoms with Crippen LogP contribution in [0.2, 0.25) is 0 Å². The van der Waals surface area contributed by atoms with Crippen molar-refractivity contribution in [3.63, 3.8) is 0 Å². The predicted octanol–water partition coefficient (Wildman–Crippen LogP) is 1.65. The minimum absolute atomic E-state index is 0.000403. The maximum Gasteiger partial charge on any atom is 0.311 e. The second-order valence-electron chi connectivity index (χ2n) is 7.20. The summed E-state index contributed by atoms with van der Waals surface area (Å²) in [5.41, 5.74) is -0.460. The number of ether oxygens (including phenoxy) is 2. The molecule has 2 rings (SSSR count). The van der Waals surface area contributed by atoms with E-state index in [9.17, 15) is 19.6 Å². The molecule has 1 N–H and O–H groups in total. The maximum atomic E-state index is 12.3. The van der Waals surface area contributed by atoms with Gasteiger partial charge >= 0.3 is 5.97 Å². The standard InChI is InChI=1S/C20H25N3O5/c1-13(2)20(3,12-21)22-17(24)11-28-19(26)14-9-18(25)23(10-14)15-7-5-6-8-16(15)27-4/h5-8,13-14H,9-11H2,1-4H3,(H,22,24)/t14-,20-/m1/s1. The Bertz CT molecular complexity index is 801. The van der Waals surface area contributed by atoms with Gasteiger partial charge in [-0.1, -0.05) is 26.0 Å². The molecule has 1 aromatic carbocycles. The van der Waals surface area contributed by atoms with Crippen molar-refractivity contribution in [3.05, 3.63) is 24.3 Å². The lowest BCUT2D eigenvalue weighted by Crippen LogP contribution is -2.50. The van der Waals surface area contributed by atoms with Gasteiger partial charge < -0.3 is 19.7 Å². The van der Waals surface area contributed by atoms with Crippen LogP contribution in [0.15, 0.2) is 24.3 Å². The fourth-order valence-electron chi connectivity index (χ4n) is 2.83. The van der Waals surface area contributed by atoms with Crippen LogP contribution in [0.4, 0.5) is 5.69 Å². The van der Waals surface area contributed by atoms with Gasteiger partial charge in [-0.05, 0) is 25.0 Å². The Morgan fingerprint density at radius 3 is 2.68 bits per heavy atom. The minimum atomic E-state index is -1.05. The predicted molar refractivity (Wildman–Crippen MR) is 101 cm³/mol. The van der Waals surface area contributed by atoms with Crippen LogP contribution in [-0.2, 0) is 19.1 Å². The topological polar surface area (TPSA) is 109 Å². The Morgan fingerprint density at radius 1 is 1.39 bits per heavy atom. The Balaban J connectivity index is 1.95. The quantitative estimate of drug-likeness (QED) is 0.713. The molecule has 2 amide bonds. The average Bonchev–Trinajstić information content (AvgIpc) is 3.07. The molecule has 8 heteroatoms. The summed E-state index contributed by atoms with van der Waals surface area (Å²) < 4.78 is 10.3. The largest absolute Gasteiger partial charge is 0.495 e. The van der Waals surface area contributed by atoms with Gasteiger partial charge in [0.2, 0.25) is 5.91 Å². The smallest absolute Gasteiger partial charge is 0.311 e. The minimum Gasteiger partial charge on any atom is -0.495 e. The van der Waals surface area contributed by atoms with Crippen molar-refractivity contribution in [1.29, 1.82) is 5.26 Å². The zero-order valence-corrected chi connectivity index (χ0v) is 16.5. The van der Waals surface area contributed by atoms with E-state index in [1.807, 2.05) is 13.8 Å². The third-order valence-corrected chi connectivity index (χ3v) is 4.97. The number of methoxy groups -OCH3 is 1. The van der Waals surface area contributed by atoms with Crippen LogP contribution in [0.1, 0.15) is 27.2 Å². The van der Waals surface area contributed by atoms with Crippen molar-refractivity contribution in [1.82, 2.24) is 5.32 Å². The van der Waals surface area contributed by atoms with Gasteiger partial charge in [0.15, 0.2) is 6.61 Å². The highest BCUT2D eigenvalue weighted by Gasteiger charge is 2.37. The summed E-state index contributed by atoms with van der Waals surface area (Å²) in [7, 11) is 1.51. The summed E-state index contributed by atoms with van der Waals surface area (Å²) in [6.45, 7) is 4.89. The maximum absolute atomic E-state index is 12.3. The van der Waals surface area contributed by atoms with Crippen LogP contribution in [-0.4, -0.2) is 43.6 Å². The summed E-state index contributed by atoms with van der Waals surface area (Å²) >= 11 is 0. The third kappa shape index (κ3) is 4.60. The summed E-state index contributed by atoms with van der Waals surface area (Å²) in [5.74, 6) is -1.64. The number of para-hydroxylation sites is 2. The van der Waals surface area contributed by atoms with Gasteiger partial charge in [0, 0.05) is 13.0 Å². The number of benzene rings is 1. The summed E-state index contributed by atoms with van der Waals surface area (Å²) in [4.78, 5) is 38.2. The molecular weight excluding hydrogens is 362 g/mol. The van der Waals surface area contributed by atoms with Crippen molar-refractivity contribution in [2.75, 3.05) is 25.2 Å². The van der Waals surface area contributed by atoms with Crippen LogP contribution in [0.3, 0.4) is 0 Å². The number of nitrogens with zero attached hydrogens (tertiary/aromatic N) is 2. The number of nitriles is 1. The van der Waals surface area contributed by atoms with Gasteiger partial charge in [-0.15, -0.1) is 0 Å². The van der Waals surface area contributed by atoms with Crippen molar-refractivity contribution in [2.24, 2.45) is 11.8 Å². The molecule has 8 nitrogen and oxygen atoms in total. The molecule has 0 spiro atoms. The van der Waals surface area contributed by atoms with Gasteiger partial charge in [-0.3, -0.25) is 14.4 Å². The Morgan fingerprint density at radius 2 is 2.07 bits per heavy atom. The number of hydrogen-bond donors (Lipinski definition) is 1. The van der Waals surface area contributed by atoms with Gasteiger partial charge in [-0.2, -0.15) is 5.26 Å². The number of anilines is 1. The van der Waals surface area contributed by atoms with Crippen LogP contribution in [0.5, 0.6) is 5.75 Å². The molecule has 1 fully saturated rings. The first kappa shape index (κ1) is 21.2. The summed E-state index contributed by atoms with van der Waals surface area (Å²) in [5, 5.41) is 11.8. The van der Waals surface area contributed by atoms with E-state index in [1.54, 1.807) is 31.2 Å². The van der Waals surface area contributed by atoms with Gasteiger partial charge in [0.25, 0.3) is 5.91 Å². The Kier molecular flexibility index (Phi) is 6.62. The average molecular weight is 387 g/mol. The van der Waals surface area contributed by atoms with Gasteiger partial charge in [-0.25, -0.2) is 0 Å². The Labute approximate surface area is 164 Å². The molecule has 0 unspecified atom stereocenters. The van der Waals surface area contributed by atoms with Crippen molar-refractivity contribution >= 4 is 23.5 Å². The molecule has 0 aliphatic carbocycles. The second kappa shape index (κ2) is 8.74. The molecular formula is C20H25N3O5. The van der Waals surface area contributed by atoms with Crippen LogP contribution < -0.4 is 15.0 Å². The highest BCUT2D eigenvalue weighted by molar-refractivity contribution is 6.00. The number of carbonyl (C=O) groups is 3. The Hall–Kier alpha value is -3.08. The molecule has 1 heterocycles. The van der Waals surface area contributed by atoms with Crippen molar-refractivity contribution in [2.45, 2.75) is 32.7 Å². The first-order valence-electron chi connectivity index (χ1n) is 9.04. The number of carbonyl (C=O) groups excluding carboxylic acids is 3. The lowest BCUT2D eigenvalue weighted by Gasteiger charge is -2.27. The third-order valence-electron chi connectivity index (χ3n) is 4.97. The number of amides is 2. The highest BCUT2D eigenvalue weighted by atomic mass is 16.5. The number of esters is 1. The van der Waals surface area contributed by atoms with E-state index in [1.165, 1.54) is 12.0 Å². The first-order valence-corrected chi connectivity index (χ1v) is 9.04. The fourth-order valence-corrected chi connectivity index (χ4v) is 2.83. The normalized spacial score (nSPS) is 18.4. The van der Waals surface area contributed by atoms with Crippen LogP contribution in [0, 0.1) is 23.2 Å². The van der Waals surface area contributed by atoms with Crippen molar-refractivity contribution in [3.8, 4) is 11.8 Å². The molecule has 1 aromatic rings. The zero-order valence-electron chi connectivity index (χ0n) is 16.5. The molecule has 150 valence electrons. The lowest BCUT2D eigenvalue weighted by atomic mass is 9.90. The van der Waals surface area contributed by atoms with E-state index in [0.29, 0.717) is 11.4 Å². The van der Waals surface area contributed by atoms with E-state index in [4.69, 9.17) is 9.47 Å². The number of nitrogens with one attached hydrogen (secondary N) is 1. The summed E-state index contributed by atoms with van der Waals surface area (Å²) in [6.07, 6.45) is 0.000403. The first-order chi connectivity index (χ1) is 13.2. The summed E-state index contributed by atoms with van der Waals surface area (Å²) in [6, 6.07) is 9.11. The molecule has 0 radical (unpaired) electrons. The van der Waals surface area contributed by atoms with E-state index in [-0.39, 0.29) is 24.8 Å². The number of hydrogen-bond acceptors (Lipinski definition) is 6. The van der Waals surface area contributed by atoms with Crippen LogP contribution in [0.25, 0.3) is 0 Å². The van der Waals surface area contributed by atoms with E-state index in [0.717, 1.165) is 0 Å². The highest BCUT2D eigenvalue weighted by Crippen LogP contribution is 2.33. The molecule has 0 saturated carbocycles. The van der Waals surface area contributed by atoms with Crippen LogP contribution >= 0.6 is 0 Å². The van der Waals surface area contributed by atoms with Gasteiger partial charge in [0.05, 0.1) is 24.8 Å². The monoisotopic (exact) mass is 387 g/mol.